The molecule has 1 unspecified atom stereocenters. The van der Waals surface area contributed by atoms with E-state index in [2.05, 4.69) is 29.3 Å². The molecule has 0 aliphatic rings. The summed E-state index contributed by atoms with van der Waals surface area (Å²) in [4.78, 5) is 4.09. The van der Waals surface area contributed by atoms with Crippen LogP contribution in [0.5, 0.6) is 0 Å². The van der Waals surface area contributed by atoms with Crippen LogP contribution in [-0.4, -0.2) is 37.9 Å². The monoisotopic (exact) mass is 275 g/mol. The maximum atomic E-state index is 11.1. The molecule has 0 aliphatic carbocycles. The zero-order valence-corrected chi connectivity index (χ0v) is 12.1. The van der Waals surface area contributed by atoms with E-state index in [0.29, 0.717) is 18.2 Å². The largest absolute Gasteiger partial charge is 0.339 e. The number of nitrogens with one attached hydrogen (secondary N) is 1. The lowest BCUT2D eigenvalue weighted by atomic mass is 10.0. The van der Waals surface area contributed by atoms with E-state index in [1.54, 1.807) is 0 Å². The fraction of sp³-hybridized carbons (Fsp3) is 0.818. The van der Waals surface area contributed by atoms with E-state index in [4.69, 9.17) is 4.52 Å². The van der Waals surface area contributed by atoms with Crippen LogP contribution in [0.25, 0.3) is 0 Å². The number of sulfone groups is 1. The van der Waals surface area contributed by atoms with Gasteiger partial charge in [-0.2, -0.15) is 4.98 Å². The first-order valence-corrected chi connectivity index (χ1v) is 8.02. The summed E-state index contributed by atoms with van der Waals surface area (Å²) < 4.78 is 27.3. The van der Waals surface area contributed by atoms with Crippen LogP contribution in [0.3, 0.4) is 0 Å². The summed E-state index contributed by atoms with van der Waals surface area (Å²) in [6, 6.07) is 0.261. The Hall–Kier alpha value is -0.950. The molecule has 7 heteroatoms. The highest BCUT2D eigenvalue weighted by Gasteiger charge is 2.16. The minimum atomic E-state index is -3.12. The summed E-state index contributed by atoms with van der Waals surface area (Å²) in [6.07, 6.45) is 2.77. The first-order chi connectivity index (χ1) is 8.30. The molecule has 1 aromatic heterocycles. The van der Waals surface area contributed by atoms with Gasteiger partial charge in [-0.15, -0.1) is 0 Å². The van der Waals surface area contributed by atoms with E-state index in [0.717, 1.165) is 12.7 Å². The molecule has 1 atom stereocenters. The molecule has 1 rings (SSSR count). The van der Waals surface area contributed by atoms with E-state index in [-0.39, 0.29) is 17.6 Å². The van der Waals surface area contributed by atoms with Crippen molar-refractivity contribution in [3.8, 4) is 0 Å². The molecule has 0 fully saturated rings. The van der Waals surface area contributed by atoms with Crippen LogP contribution in [-0.2, 0) is 22.0 Å². The van der Waals surface area contributed by atoms with Crippen molar-refractivity contribution < 1.29 is 12.9 Å². The van der Waals surface area contributed by atoms with Gasteiger partial charge in [-0.05, 0) is 19.4 Å². The number of nitrogens with zero attached hydrogens (tertiary/aromatic N) is 2. The molecule has 0 spiro atoms. The molecule has 0 aliphatic heterocycles. The number of hydrogen-bond acceptors (Lipinski definition) is 6. The predicted molar refractivity (Wildman–Crippen MR) is 68.9 cm³/mol. The second kappa shape index (κ2) is 6.29. The van der Waals surface area contributed by atoms with Crippen molar-refractivity contribution in [3.05, 3.63) is 11.7 Å². The van der Waals surface area contributed by atoms with Gasteiger partial charge >= 0.3 is 0 Å². The molecule has 0 radical (unpaired) electrons. The Labute approximate surface area is 108 Å². The topological polar surface area (TPSA) is 85.1 Å². The molecule has 0 bridgehead atoms. The van der Waals surface area contributed by atoms with Crippen LogP contribution in [0.2, 0.25) is 0 Å². The summed E-state index contributed by atoms with van der Waals surface area (Å²) in [7, 11) is -1.23. The Kier molecular flexibility index (Phi) is 5.28. The normalized spacial score (nSPS) is 14.1. The molecule has 1 aromatic rings. The van der Waals surface area contributed by atoms with Crippen LogP contribution >= 0.6 is 0 Å². The van der Waals surface area contributed by atoms with Gasteiger partial charge in [-0.3, -0.25) is 0 Å². The average molecular weight is 275 g/mol. The van der Waals surface area contributed by atoms with Crippen LogP contribution in [0.15, 0.2) is 4.52 Å². The number of hydrogen-bond donors (Lipinski definition) is 1. The van der Waals surface area contributed by atoms with E-state index in [9.17, 15) is 8.42 Å². The quantitative estimate of drug-likeness (QED) is 0.792. The third-order valence-electron chi connectivity index (χ3n) is 2.49. The zero-order valence-electron chi connectivity index (χ0n) is 11.3. The lowest BCUT2D eigenvalue weighted by molar-refractivity contribution is 0.343. The van der Waals surface area contributed by atoms with E-state index < -0.39 is 9.84 Å². The van der Waals surface area contributed by atoms with E-state index >= 15 is 0 Å². The first-order valence-electron chi connectivity index (χ1n) is 5.96. The van der Waals surface area contributed by atoms with Gasteiger partial charge in [0.25, 0.3) is 0 Å². The molecular formula is C11H21N3O3S. The van der Waals surface area contributed by atoms with Gasteiger partial charge in [0.2, 0.25) is 5.89 Å². The van der Waals surface area contributed by atoms with Crippen molar-refractivity contribution in [2.24, 2.45) is 5.92 Å². The fourth-order valence-electron chi connectivity index (χ4n) is 1.75. The molecule has 0 amide bonds. The van der Waals surface area contributed by atoms with Crippen molar-refractivity contribution in [2.45, 2.75) is 38.5 Å². The second-order valence-corrected chi connectivity index (χ2v) is 7.13. The highest BCUT2D eigenvalue weighted by Crippen LogP contribution is 2.10. The molecule has 0 saturated carbocycles. The van der Waals surface area contributed by atoms with Gasteiger partial charge < -0.3 is 9.84 Å². The minimum Gasteiger partial charge on any atom is -0.339 e. The Bertz CT molecular complexity index is 468. The SMILES string of the molecule is CNC(Cc1nc(CS(C)(=O)=O)no1)CC(C)C. The highest BCUT2D eigenvalue weighted by molar-refractivity contribution is 7.89. The van der Waals surface area contributed by atoms with Gasteiger partial charge in [0.15, 0.2) is 15.7 Å². The van der Waals surface area contributed by atoms with Crippen LogP contribution in [0.1, 0.15) is 32.0 Å². The van der Waals surface area contributed by atoms with Crippen molar-refractivity contribution >= 4 is 9.84 Å². The average Bonchev–Trinajstić information content (AvgIpc) is 2.61. The summed E-state index contributed by atoms with van der Waals surface area (Å²) in [6.45, 7) is 4.29. The predicted octanol–water partition coefficient (Wildman–Crippen LogP) is 0.791. The third kappa shape index (κ3) is 5.59. The van der Waals surface area contributed by atoms with Gasteiger partial charge in [-0.25, -0.2) is 8.42 Å². The van der Waals surface area contributed by atoms with Gasteiger partial charge in [0.1, 0.15) is 5.75 Å². The molecular weight excluding hydrogens is 254 g/mol. The Morgan fingerprint density at radius 1 is 1.39 bits per heavy atom. The first kappa shape index (κ1) is 15.1. The summed E-state index contributed by atoms with van der Waals surface area (Å²) in [5, 5.41) is 6.87. The van der Waals surface area contributed by atoms with Crippen LogP contribution < -0.4 is 5.32 Å². The van der Waals surface area contributed by atoms with E-state index in [1.807, 2.05) is 7.05 Å². The smallest absolute Gasteiger partial charge is 0.228 e. The molecule has 0 aromatic carbocycles. The maximum absolute atomic E-state index is 11.1. The Morgan fingerprint density at radius 3 is 2.56 bits per heavy atom. The summed E-state index contributed by atoms with van der Waals surface area (Å²) in [5.41, 5.74) is 0. The minimum absolute atomic E-state index is 0.176. The van der Waals surface area contributed by atoms with Crippen LogP contribution in [0, 0.1) is 5.92 Å². The molecule has 1 heterocycles. The summed E-state index contributed by atoms with van der Waals surface area (Å²) in [5.74, 6) is 1.10. The van der Waals surface area contributed by atoms with Crippen molar-refractivity contribution in [2.75, 3.05) is 13.3 Å². The van der Waals surface area contributed by atoms with Gasteiger partial charge in [-0.1, -0.05) is 19.0 Å². The van der Waals surface area contributed by atoms with Crippen molar-refractivity contribution in [1.29, 1.82) is 0 Å². The second-order valence-electron chi connectivity index (χ2n) is 4.99. The molecule has 18 heavy (non-hydrogen) atoms. The maximum Gasteiger partial charge on any atom is 0.228 e. The molecule has 6 nitrogen and oxygen atoms in total. The van der Waals surface area contributed by atoms with E-state index in [1.165, 1.54) is 0 Å². The lowest BCUT2D eigenvalue weighted by Crippen LogP contribution is -2.29. The third-order valence-corrected chi connectivity index (χ3v) is 3.27. The highest BCUT2D eigenvalue weighted by atomic mass is 32.2. The fourth-order valence-corrected chi connectivity index (χ4v) is 2.34. The summed E-state index contributed by atoms with van der Waals surface area (Å²) >= 11 is 0. The lowest BCUT2D eigenvalue weighted by Gasteiger charge is -2.15. The van der Waals surface area contributed by atoms with Crippen molar-refractivity contribution in [3.63, 3.8) is 0 Å². The van der Waals surface area contributed by atoms with Crippen LogP contribution in [0.4, 0.5) is 0 Å². The number of rotatable bonds is 7. The standard InChI is InChI=1S/C11H21N3O3S/c1-8(2)5-9(12-3)6-11-13-10(14-17-11)7-18(4,15)16/h8-9,12H,5-7H2,1-4H3. The van der Waals surface area contributed by atoms with Crippen molar-refractivity contribution in [1.82, 2.24) is 15.5 Å². The Morgan fingerprint density at radius 2 is 2.06 bits per heavy atom. The molecule has 104 valence electrons. The number of likely N-dealkylation sites (N-methyl/N-ethyl adjacent to an activating group) is 1. The molecule has 0 saturated heterocycles. The Balaban J connectivity index is 2.62. The van der Waals surface area contributed by atoms with Gasteiger partial charge in [0, 0.05) is 18.7 Å². The zero-order chi connectivity index (χ0) is 13.8. The molecule has 1 N–H and O–H groups in total. The van der Waals surface area contributed by atoms with Gasteiger partial charge in [0.05, 0.1) is 0 Å². The number of aromatic nitrogens is 2.